The van der Waals surface area contributed by atoms with Crippen molar-refractivity contribution in [3.63, 3.8) is 0 Å². The molecule has 1 aliphatic rings. The van der Waals surface area contributed by atoms with Crippen LogP contribution in [0.25, 0.3) is 17.1 Å². The molecule has 1 aliphatic heterocycles. The second-order valence-corrected chi connectivity index (χ2v) is 9.95. The van der Waals surface area contributed by atoms with Crippen LogP contribution >= 0.6 is 0 Å². The molecule has 1 atom stereocenters. The third-order valence-electron chi connectivity index (χ3n) is 6.23. The summed E-state index contributed by atoms with van der Waals surface area (Å²) in [5.41, 5.74) is 7.59. The topological polar surface area (TPSA) is 115 Å². The molecule has 0 spiro atoms. The first-order chi connectivity index (χ1) is 17.3. The number of hydrogen-bond acceptors (Lipinski definition) is 9. The van der Waals surface area contributed by atoms with E-state index in [1.807, 2.05) is 22.9 Å². The van der Waals surface area contributed by atoms with Crippen molar-refractivity contribution < 1.29 is 17.8 Å². The minimum absolute atomic E-state index is 0.0150. The minimum atomic E-state index is -1.53. The van der Waals surface area contributed by atoms with Gasteiger partial charge in [0.25, 0.3) is 0 Å². The molecule has 10 nitrogen and oxygen atoms in total. The lowest BCUT2D eigenvalue weighted by molar-refractivity contribution is 0.262. The number of aromatic nitrogens is 4. The molecular formula is C23H26F2N8O2S. The molecule has 0 aliphatic carbocycles. The molecule has 36 heavy (non-hydrogen) atoms. The van der Waals surface area contributed by atoms with E-state index < -0.39 is 22.8 Å². The number of nitrogens with zero attached hydrogens (tertiary/aromatic N) is 7. The van der Waals surface area contributed by atoms with Gasteiger partial charge in [-0.3, -0.25) is 4.90 Å². The summed E-state index contributed by atoms with van der Waals surface area (Å²) >= 11 is -1.53. The Bertz CT molecular complexity index is 1360. The largest absolute Gasteiger partial charge is 0.612 e. The minimum Gasteiger partial charge on any atom is -0.612 e. The van der Waals surface area contributed by atoms with E-state index in [4.69, 9.17) is 10.2 Å². The number of likely N-dealkylation sites (N-methyl/N-ethyl adjacent to an activating group) is 1. The molecule has 1 aromatic carbocycles. The number of nitrogens with two attached hydrogens (primary N) is 1. The fourth-order valence-corrected chi connectivity index (χ4v) is 4.81. The zero-order valence-corrected chi connectivity index (χ0v) is 20.7. The molecule has 0 unspecified atom stereocenters. The standard InChI is InChI=1S/C23H26F2N8O2S/c1-30(23-27-21-13-17(19-4-3-11-35-19)29-33(21)22(26)28-23)5-6-31-7-9-32(10-8-31)18-14-20(36(2)34)16(25)12-15(18)24/h3-4,11-14H,5-10H2,1-2H3,(H2,26,27,28)/t36-/m0/s1. The lowest BCUT2D eigenvalue weighted by atomic mass is 10.2. The molecule has 190 valence electrons. The number of rotatable bonds is 7. The number of halogens is 2. The van der Waals surface area contributed by atoms with Crippen LogP contribution in [0, 0.1) is 11.6 Å². The first-order valence-corrected chi connectivity index (χ1v) is 12.9. The van der Waals surface area contributed by atoms with Crippen molar-refractivity contribution in [2.24, 2.45) is 0 Å². The van der Waals surface area contributed by atoms with Crippen molar-refractivity contribution in [3.8, 4) is 11.5 Å². The molecule has 1 fully saturated rings. The predicted octanol–water partition coefficient (Wildman–Crippen LogP) is 2.24. The summed E-state index contributed by atoms with van der Waals surface area (Å²) < 4.78 is 47.0. The van der Waals surface area contributed by atoms with Gasteiger partial charge in [0.15, 0.2) is 22.1 Å². The van der Waals surface area contributed by atoms with Gasteiger partial charge >= 0.3 is 0 Å². The van der Waals surface area contributed by atoms with Gasteiger partial charge in [-0.25, -0.2) is 8.78 Å². The summed E-state index contributed by atoms with van der Waals surface area (Å²) in [4.78, 5) is 15.0. The summed E-state index contributed by atoms with van der Waals surface area (Å²) in [6.07, 6.45) is 2.96. The number of nitrogen functional groups attached to an aromatic ring is 1. The second-order valence-electron chi connectivity index (χ2n) is 8.60. The van der Waals surface area contributed by atoms with Crippen molar-refractivity contribution in [1.29, 1.82) is 0 Å². The quantitative estimate of drug-likeness (QED) is 0.369. The van der Waals surface area contributed by atoms with Gasteiger partial charge in [-0.1, -0.05) is 0 Å². The number of benzene rings is 1. The zero-order valence-electron chi connectivity index (χ0n) is 19.9. The van der Waals surface area contributed by atoms with Crippen molar-refractivity contribution in [1.82, 2.24) is 24.5 Å². The summed E-state index contributed by atoms with van der Waals surface area (Å²) in [6, 6.07) is 7.56. The van der Waals surface area contributed by atoms with Crippen molar-refractivity contribution >= 4 is 34.4 Å². The van der Waals surface area contributed by atoms with Gasteiger partial charge in [0.05, 0.1) is 12.0 Å². The Labute approximate surface area is 209 Å². The Morgan fingerprint density at radius 1 is 1.14 bits per heavy atom. The van der Waals surface area contributed by atoms with Gasteiger partial charge in [-0.2, -0.15) is 19.6 Å². The number of piperazine rings is 1. The number of fused-ring (bicyclic) bond motifs is 1. The van der Waals surface area contributed by atoms with Crippen LogP contribution in [0.5, 0.6) is 0 Å². The van der Waals surface area contributed by atoms with E-state index in [0.29, 0.717) is 55.8 Å². The first-order valence-electron chi connectivity index (χ1n) is 11.4. The Morgan fingerprint density at radius 2 is 1.92 bits per heavy atom. The summed E-state index contributed by atoms with van der Waals surface area (Å²) in [7, 11) is 1.89. The Kier molecular flexibility index (Phi) is 6.69. The van der Waals surface area contributed by atoms with Crippen LogP contribution in [0.1, 0.15) is 0 Å². The highest BCUT2D eigenvalue weighted by atomic mass is 32.2. The van der Waals surface area contributed by atoms with Gasteiger partial charge in [0.1, 0.15) is 17.8 Å². The lowest BCUT2D eigenvalue weighted by Gasteiger charge is -2.36. The smallest absolute Gasteiger partial charge is 0.230 e. The van der Waals surface area contributed by atoms with Crippen LogP contribution in [-0.2, 0) is 11.2 Å². The Hall–Kier alpha value is -3.42. The maximum Gasteiger partial charge on any atom is 0.230 e. The first kappa shape index (κ1) is 24.3. The molecule has 0 radical (unpaired) electrons. The van der Waals surface area contributed by atoms with E-state index in [9.17, 15) is 13.3 Å². The molecule has 13 heteroatoms. The van der Waals surface area contributed by atoms with Gasteiger partial charge in [-0.05, 0) is 23.3 Å². The predicted molar refractivity (Wildman–Crippen MR) is 134 cm³/mol. The van der Waals surface area contributed by atoms with Crippen molar-refractivity contribution in [3.05, 3.63) is 48.2 Å². The number of anilines is 3. The monoisotopic (exact) mass is 516 g/mol. The van der Waals surface area contributed by atoms with E-state index >= 15 is 0 Å². The molecular weight excluding hydrogens is 490 g/mol. The average molecular weight is 517 g/mol. The maximum atomic E-state index is 14.4. The van der Waals surface area contributed by atoms with Crippen LogP contribution in [0.3, 0.4) is 0 Å². The molecule has 4 heterocycles. The van der Waals surface area contributed by atoms with Gasteiger partial charge in [0.2, 0.25) is 11.9 Å². The highest BCUT2D eigenvalue weighted by Crippen LogP contribution is 2.27. The van der Waals surface area contributed by atoms with Gasteiger partial charge in [0, 0.05) is 64.5 Å². The van der Waals surface area contributed by atoms with E-state index in [2.05, 4.69) is 20.0 Å². The van der Waals surface area contributed by atoms with Gasteiger partial charge in [-0.15, -0.1) is 0 Å². The van der Waals surface area contributed by atoms with Crippen LogP contribution in [0.2, 0.25) is 0 Å². The van der Waals surface area contributed by atoms with E-state index in [1.165, 1.54) is 16.8 Å². The molecule has 0 saturated carbocycles. The summed E-state index contributed by atoms with van der Waals surface area (Å²) in [6.45, 7) is 3.94. The fraction of sp³-hybridized carbons (Fsp3) is 0.348. The molecule has 1 saturated heterocycles. The second kappa shape index (κ2) is 9.91. The highest BCUT2D eigenvalue weighted by Gasteiger charge is 2.24. The van der Waals surface area contributed by atoms with Crippen molar-refractivity contribution in [2.45, 2.75) is 4.90 Å². The third-order valence-corrected chi connectivity index (χ3v) is 7.16. The van der Waals surface area contributed by atoms with Crippen molar-refractivity contribution in [2.75, 3.05) is 68.1 Å². The molecule has 4 aromatic rings. The Morgan fingerprint density at radius 3 is 2.61 bits per heavy atom. The molecule has 0 bridgehead atoms. The zero-order chi connectivity index (χ0) is 25.4. The number of furan rings is 1. The molecule has 2 N–H and O–H groups in total. The normalized spacial score (nSPS) is 15.5. The average Bonchev–Trinajstić information content (AvgIpc) is 3.53. The van der Waals surface area contributed by atoms with E-state index in [-0.39, 0.29) is 16.5 Å². The molecule has 3 aromatic heterocycles. The summed E-state index contributed by atoms with van der Waals surface area (Å²) in [5.74, 6) is -0.100. The van der Waals surface area contributed by atoms with Crippen LogP contribution < -0.4 is 15.5 Å². The summed E-state index contributed by atoms with van der Waals surface area (Å²) in [5, 5.41) is 4.41. The fourth-order valence-electron chi connectivity index (χ4n) is 4.20. The SMILES string of the molecule is CN(CCN1CCN(c2cc([S@+](C)[O-])c(F)cc2F)CC1)c1nc(N)n2nc(-c3ccco3)cc2n1. The number of hydrogen-bond donors (Lipinski definition) is 1. The van der Waals surface area contributed by atoms with Crippen LogP contribution in [-0.4, -0.2) is 81.6 Å². The van der Waals surface area contributed by atoms with E-state index in [0.717, 1.165) is 12.6 Å². The maximum absolute atomic E-state index is 14.4. The molecule has 5 rings (SSSR count). The van der Waals surface area contributed by atoms with E-state index in [1.54, 1.807) is 18.4 Å². The Balaban J connectivity index is 1.20. The molecule has 0 amide bonds. The highest BCUT2D eigenvalue weighted by molar-refractivity contribution is 7.90. The van der Waals surface area contributed by atoms with Gasteiger partial charge < -0.3 is 24.5 Å². The third kappa shape index (κ3) is 4.81. The van der Waals surface area contributed by atoms with Crippen LogP contribution in [0.4, 0.5) is 26.4 Å². The van der Waals surface area contributed by atoms with Crippen LogP contribution in [0.15, 0.2) is 45.9 Å². The lowest BCUT2D eigenvalue weighted by Crippen LogP contribution is -2.48.